The number of para-hydroxylation sites is 1. The molecule has 14 heteroatoms. The SMILES string of the molecule is Cc1ncc(Cl)c(Nc2ccccc2S(=O)(=O)C(O)(C(O)(O)O)C(O)(O)O)n1. The highest BCUT2D eigenvalue weighted by molar-refractivity contribution is 7.93. The average molecular weight is 438 g/mol. The van der Waals surface area contributed by atoms with Gasteiger partial charge in [0.1, 0.15) is 10.8 Å². The van der Waals surface area contributed by atoms with E-state index in [2.05, 4.69) is 15.3 Å². The third-order valence-corrected chi connectivity index (χ3v) is 6.13. The van der Waals surface area contributed by atoms with Crippen molar-refractivity contribution < 1.29 is 44.2 Å². The maximum Gasteiger partial charge on any atom is 0.333 e. The monoisotopic (exact) mass is 437 g/mol. The van der Waals surface area contributed by atoms with Gasteiger partial charge in [-0.2, -0.15) is 0 Å². The van der Waals surface area contributed by atoms with Crippen LogP contribution in [0.15, 0.2) is 35.4 Å². The first-order chi connectivity index (χ1) is 12.6. The van der Waals surface area contributed by atoms with Gasteiger partial charge in [-0.25, -0.2) is 18.4 Å². The van der Waals surface area contributed by atoms with E-state index >= 15 is 0 Å². The van der Waals surface area contributed by atoms with Crippen molar-refractivity contribution in [1.29, 1.82) is 0 Å². The molecular formula is C14H16ClN3O9S. The van der Waals surface area contributed by atoms with Crippen LogP contribution >= 0.6 is 11.6 Å². The van der Waals surface area contributed by atoms with Gasteiger partial charge in [-0.1, -0.05) is 23.7 Å². The first kappa shape index (κ1) is 22.4. The van der Waals surface area contributed by atoms with Crippen LogP contribution < -0.4 is 5.32 Å². The second-order valence-corrected chi connectivity index (χ2v) is 8.10. The Morgan fingerprint density at radius 2 is 1.54 bits per heavy atom. The molecule has 0 amide bonds. The van der Waals surface area contributed by atoms with Gasteiger partial charge in [0.2, 0.25) is 9.84 Å². The van der Waals surface area contributed by atoms with Gasteiger partial charge in [-0.15, -0.1) is 0 Å². The van der Waals surface area contributed by atoms with Gasteiger partial charge in [0, 0.05) is 0 Å². The summed E-state index contributed by atoms with van der Waals surface area (Å²) < 4.78 is 25.6. The quantitative estimate of drug-likeness (QED) is 0.228. The Morgan fingerprint density at radius 1 is 1.00 bits per heavy atom. The molecule has 12 nitrogen and oxygen atoms in total. The molecule has 0 spiro atoms. The molecule has 0 fully saturated rings. The minimum atomic E-state index is -5.68. The minimum Gasteiger partial charge on any atom is -0.362 e. The summed E-state index contributed by atoms with van der Waals surface area (Å²) in [7, 11) is -5.68. The topological polar surface area (TPSA) is 214 Å². The molecular weight excluding hydrogens is 422 g/mol. The summed E-state index contributed by atoms with van der Waals surface area (Å²) in [6.07, 6.45) is 1.21. The summed E-state index contributed by atoms with van der Waals surface area (Å²) >= 11 is 5.92. The Morgan fingerprint density at radius 3 is 2.07 bits per heavy atom. The largest absolute Gasteiger partial charge is 0.362 e. The highest BCUT2D eigenvalue weighted by atomic mass is 35.5. The second kappa shape index (κ2) is 7.14. The van der Waals surface area contributed by atoms with E-state index in [4.69, 9.17) is 11.6 Å². The first-order valence-corrected chi connectivity index (χ1v) is 9.15. The van der Waals surface area contributed by atoms with E-state index in [1.165, 1.54) is 19.2 Å². The van der Waals surface area contributed by atoms with Crippen LogP contribution in [0.25, 0.3) is 0 Å². The van der Waals surface area contributed by atoms with Gasteiger partial charge in [-0.3, -0.25) is 0 Å². The Hall–Kier alpha value is -1.94. The Labute approximate surface area is 162 Å². The van der Waals surface area contributed by atoms with Crippen molar-refractivity contribution >= 4 is 32.9 Å². The molecule has 0 aliphatic heterocycles. The van der Waals surface area contributed by atoms with Gasteiger partial charge in [0.15, 0.2) is 5.82 Å². The zero-order valence-corrected chi connectivity index (χ0v) is 15.6. The number of benzene rings is 1. The maximum atomic E-state index is 12.8. The Kier molecular flexibility index (Phi) is 5.70. The molecule has 1 aromatic carbocycles. The molecule has 154 valence electrons. The van der Waals surface area contributed by atoms with Gasteiger partial charge >= 0.3 is 16.9 Å². The number of hydrogen-bond acceptors (Lipinski definition) is 12. The zero-order chi connectivity index (χ0) is 21.5. The van der Waals surface area contributed by atoms with Crippen molar-refractivity contribution in [2.75, 3.05) is 5.32 Å². The summed E-state index contributed by atoms with van der Waals surface area (Å²) in [5, 5.41) is 68.2. The lowest BCUT2D eigenvalue weighted by molar-refractivity contribution is -0.466. The third kappa shape index (κ3) is 3.67. The predicted molar refractivity (Wildman–Crippen MR) is 92.4 cm³/mol. The number of aryl methyl sites for hydroxylation is 1. The number of sulfone groups is 1. The summed E-state index contributed by atoms with van der Waals surface area (Å²) in [6.45, 7) is 1.51. The molecule has 2 aromatic rings. The number of anilines is 2. The van der Waals surface area contributed by atoms with E-state index in [0.717, 1.165) is 18.2 Å². The summed E-state index contributed by atoms with van der Waals surface area (Å²) in [5.74, 6) is -9.21. The second-order valence-electron chi connectivity index (χ2n) is 5.65. The molecule has 1 heterocycles. The van der Waals surface area contributed by atoms with Crippen molar-refractivity contribution in [2.24, 2.45) is 0 Å². The number of aromatic nitrogens is 2. The highest BCUT2D eigenvalue weighted by Gasteiger charge is 2.71. The van der Waals surface area contributed by atoms with Crippen molar-refractivity contribution in [2.45, 2.75) is 28.7 Å². The number of nitrogens with zero attached hydrogens (tertiary/aromatic N) is 2. The molecule has 0 saturated heterocycles. The summed E-state index contributed by atoms with van der Waals surface area (Å²) in [4.78, 5) is 2.08. The molecule has 8 N–H and O–H groups in total. The lowest BCUT2D eigenvalue weighted by Gasteiger charge is -2.39. The fourth-order valence-electron chi connectivity index (χ4n) is 2.22. The molecule has 0 unspecified atom stereocenters. The van der Waals surface area contributed by atoms with E-state index in [1.807, 2.05) is 0 Å². The van der Waals surface area contributed by atoms with Gasteiger partial charge in [0.05, 0.1) is 16.8 Å². The van der Waals surface area contributed by atoms with Gasteiger partial charge in [-0.05, 0) is 19.1 Å². The lowest BCUT2D eigenvalue weighted by Crippen LogP contribution is -2.72. The minimum absolute atomic E-state index is 0.0327. The van der Waals surface area contributed by atoms with Crippen LogP contribution in [-0.2, 0) is 9.84 Å². The average Bonchev–Trinajstić information content (AvgIpc) is 2.55. The van der Waals surface area contributed by atoms with E-state index in [1.54, 1.807) is 0 Å². The normalized spacial score (nSPS) is 13.5. The molecule has 1 aromatic heterocycles. The predicted octanol–water partition coefficient (Wildman–Crippen LogP) is -2.09. The standard InChI is InChI=1S/C14H16ClN3O9S/c1-7-16-6-8(15)11(17-7)18-9-4-2-3-5-10(9)28(26,27)12(19,13(20,21)22)14(23,24)25/h2-6,19-25H,1H3,(H,16,17,18). The maximum absolute atomic E-state index is 12.8. The van der Waals surface area contributed by atoms with Crippen LogP contribution in [0.4, 0.5) is 11.5 Å². The number of rotatable bonds is 6. The fourth-order valence-corrected chi connectivity index (χ4v) is 4.06. The van der Waals surface area contributed by atoms with E-state index in [0.29, 0.717) is 0 Å². The highest BCUT2D eigenvalue weighted by Crippen LogP contribution is 2.40. The Bertz CT molecular complexity index is 972. The van der Waals surface area contributed by atoms with Crippen molar-refractivity contribution in [1.82, 2.24) is 9.97 Å². The van der Waals surface area contributed by atoms with Gasteiger partial charge < -0.3 is 41.1 Å². The van der Waals surface area contributed by atoms with Crippen molar-refractivity contribution in [3.63, 3.8) is 0 Å². The van der Waals surface area contributed by atoms with E-state index in [9.17, 15) is 44.2 Å². The van der Waals surface area contributed by atoms with Crippen LogP contribution in [0.1, 0.15) is 5.82 Å². The fraction of sp³-hybridized carbons (Fsp3) is 0.286. The molecule has 0 aliphatic rings. The van der Waals surface area contributed by atoms with Crippen LogP contribution in [0, 0.1) is 6.92 Å². The van der Waals surface area contributed by atoms with Crippen molar-refractivity contribution in [3.05, 3.63) is 41.3 Å². The van der Waals surface area contributed by atoms with E-state index < -0.39 is 31.6 Å². The molecule has 28 heavy (non-hydrogen) atoms. The molecule has 0 aliphatic carbocycles. The number of aliphatic hydroxyl groups is 7. The third-order valence-electron chi connectivity index (χ3n) is 3.59. The molecule has 0 atom stereocenters. The Balaban J connectivity index is 2.70. The number of hydrogen-bond donors (Lipinski definition) is 8. The van der Waals surface area contributed by atoms with Crippen LogP contribution in [0.3, 0.4) is 0 Å². The molecule has 0 bridgehead atoms. The lowest BCUT2D eigenvalue weighted by atomic mass is 10.2. The smallest absolute Gasteiger partial charge is 0.333 e. The molecule has 0 radical (unpaired) electrons. The number of halogens is 1. The van der Waals surface area contributed by atoms with Crippen LogP contribution in [0.2, 0.25) is 5.02 Å². The van der Waals surface area contributed by atoms with Gasteiger partial charge in [0.25, 0.3) is 0 Å². The van der Waals surface area contributed by atoms with Crippen molar-refractivity contribution in [3.8, 4) is 0 Å². The summed E-state index contributed by atoms with van der Waals surface area (Å²) in [6, 6.07) is 4.40. The van der Waals surface area contributed by atoms with Crippen LogP contribution in [-0.4, -0.2) is 71.0 Å². The van der Waals surface area contributed by atoms with E-state index in [-0.39, 0.29) is 22.4 Å². The molecule has 2 rings (SSSR count). The summed E-state index contributed by atoms with van der Waals surface area (Å²) in [5.41, 5.74) is -0.380. The van der Waals surface area contributed by atoms with Crippen LogP contribution in [0.5, 0.6) is 0 Å². The molecule has 0 saturated carbocycles. The number of nitrogens with one attached hydrogen (secondary N) is 1. The zero-order valence-electron chi connectivity index (χ0n) is 14.0. The first-order valence-electron chi connectivity index (χ1n) is 7.29.